The van der Waals surface area contributed by atoms with Crippen LogP contribution in [0.5, 0.6) is 11.5 Å². The number of carbonyl (C=O) groups is 1. The summed E-state index contributed by atoms with van der Waals surface area (Å²) in [4.78, 5) is 19.9. The number of amides is 1. The van der Waals surface area contributed by atoms with E-state index < -0.39 is 0 Å². The van der Waals surface area contributed by atoms with E-state index in [1.54, 1.807) is 17.0 Å². The Hall–Kier alpha value is -2.80. The average Bonchev–Trinajstić information content (AvgIpc) is 2.98. The fourth-order valence-electron chi connectivity index (χ4n) is 3.04. The molecule has 0 saturated carbocycles. The zero-order valence-electron chi connectivity index (χ0n) is 16.2. The first-order valence-corrected chi connectivity index (χ1v) is 10.3. The summed E-state index contributed by atoms with van der Waals surface area (Å²) in [6.07, 6.45) is 1.84. The van der Waals surface area contributed by atoms with Gasteiger partial charge in [0.15, 0.2) is 16.7 Å². The third-order valence-electron chi connectivity index (χ3n) is 4.35. The highest BCUT2D eigenvalue weighted by Crippen LogP contribution is 2.36. The summed E-state index contributed by atoms with van der Waals surface area (Å²) in [5.74, 6) is 1.28. The van der Waals surface area contributed by atoms with E-state index in [1.807, 2.05) is 24.3 Å². The average molecular weight is 412 g/mol. The predicted octanol–water partition coefficient (Wildman–Crippen LogP) is 4.86. The van der Waals surface area contributed by atoms with Crippen molar-refractivity contribution >= 4 is 34.6 Å². The summed E-state index contributed by atoms with van der Waals surface area (Å²) in [7, 11) is 0. The van der Waals surface area contributed by atoms with Gasteiger partial charge in [-0.05, 0) is 65.7 Å². The molecule has 29 heavy (non-hydrogen) atoms. The van der Waals surface area contributed by atoms with Crippen molar-refractivity contribution in [3.05, 3.63) is 58.8 Å². The van der Waals surface area contributed by atoms with E-state index in [-0.39, 0.29) is 17.6 Å². The molecule has 0 N–H and O–H groups in total. The molecule has 2 aliphatic rings. The predicted molar refractivity (Wildman–Crippen MR) is 113 cm³/mol. The van der Waals surface area contributed by atoms with Crippen LogP contribution < -0.4 is 9.47 Å². The minimum absolute atomic E-state index is 0.0838. The number of nitrogens with zero attached hydrogens (tertiary/aromatic N) is 2. The number of rotatable bonds is 4. The maximum absolute atomic E-state index is 13.2. The van der Waals surface area contributed by atoms with Crippen LogP contribution in [-0.4, -0.2) is 35.7 Å². The van der Waals surface area contributed by atoms with E-state index in [2.05, 4.69) is 18.8 Å². The van der Waals surface area contributed by atoms with E-state index in [0.29, 0.717) is 47.0 Å². The van der Waals surface area contributed by atoms with E-state index in [1.165, 1.54) is 23.9 Å². The van der Waals surface area contributed by atoms with Gasteiger partial charge in [0, 0.05) is 6.54 Å². The number of benzene rings is 2. The van der Waals surface area contributed by atoms with Crippen molar-refractivity contribution in [2.24, 2.45) is 10.9 Å². The van der Waals surface area contributed by atoms with Crippen LogP contribution in [0.4, 0.5) is 10.1 Å². The maximum Gasteiger partial charge on any atom is 0.266 e. The number of fused-ring (bicyclic) bond motifs is 1. The summed E-state index contributed by atoms with van der Waals surface area (Å²) in [5.41, 5.74) is 1.47. The quantitative estimate of drug-likeness (QED) is 0.673. The first-order valence-electron chi connectivity index (χ1n) is 9.45. The molecule has 1 amide bonds. The number of carbonyl (C=O) groups excluding carboxylic acids is 1. The molecule has 0 radical (unpaired) electrons. The van der Waals surface area contributed by atoms with Gasteiger partial charge >= 0.3 is 0 Å². The fourth-order valence-corrected chi connectivity index (χ4v) is 4.05. The Morgan fingerprint density at radius 1 is 1.14 bits per heavy atom. The lowest BCUT2D eigenvalue weighted by molar-refractivity contribution is -0.122. The number of hydrogen-bond donors (Lipinski definition) is 0. The van der Waals surface area contributed by atoms with Crippen molar-refractivity contribution in [1.82, 2.24) is 4.90 Å². The maximum atomic E-state index is 13.2. The lowest BCUT2D eigenvalue weighted by Crippen LogP contribution is -2.32. The highest BCUT2D eigenvalue weighted by atomic mass is 32.2. The van der Waals surface area contributed by atoms with Crippen molar-refractivity contribution in [2.45, 2.75) is 13.8 Å². The van der Waals surface area contributed by atoms with Gasteiger partial charge < -0.3 is 9.47 Å². The smallest absolute Gasteiger partial charge is 0.266 e. The van der Waals surface area contributed by atoms with Gasteiger partial charge in [0.25, 0.3) is 5.91 Å². The lowest BCUT2D eigenvalue weighted by atomic mass is 10.1. The minimum Gasteiger partial charge on any atom is -0.486 e. The van der Waals surface area contributed by atoms with Gasteiger partial charge in [0.1, 0.15) is 19.0 Å². The van der Waals surface area contributed by atoms with Crippen LogP contribution in [-0.2, 0) is 4.79 Å². The zero-order chi connectivity index (χ0) is 20.4. The Morgan fingerprint density at radius 2 is 1.86 bits per heavy atom. The molecule has 2 heterocycles. The largest absolute Gasteiger partial charge is 0.486 e. The van der Waals surface area contributed by atoms with Gasteiger partial charge in [-0.3, -0.25) is 9.69 Å². The monoisotopic (exact) mass is 412 g/mol. The number of aliphatic imine (C=N–C) groups is 1. The van der Waals surface area contributed by atoms with Crippen molar-refractivity contribution in [1.29, 1.82) is 0 Å². The number of hydrogen-bond acceptors (Lipinski definition) is 5. The molecule has 0 unspecified atom stereocenters. The molecule has 4 rings (SSSR count). The Morgan fingerprint density at radius 3 is 2.59 bits per heavy atom. The molecule has 2 aromatic rings. The number of ether oxygens (including phenoxy) is 2. The standard InChI is InChI=1S/C22H21FN2O3S/c1-14(2)13-25-21(26)20(29-22(25)24-17-6-4-16(23)5-7-17)12-15-3-8-18-19(11-15)28-10-9-27-18/h3-8,11-12,14H,9-10,13H2,1-2H3/b20-12-,24-22-. The first-order chi connectivity index (χ1) is 14.0. The first kappa shape index (κ1) is 19.5. The molecule has 0 atom stereocenters. The second-order valence-corrected chi connectivity index (χ2v) is 8.20. The van der Waals surface area contributed by atoms with Crippen molar-refractivity contribution < 1.29 is 18.7 Å². The Labute approximate surface area is 173 Å². The Balaban J connectivity index is 1.65. The van der Waals surface area contributed by atoms with Crippen LogP contribution >= 0.6 is 11.8 Å². The van der Waals surface area contributed by atoms with Crippen LogP contribution in [0.15, 0.2) is 52.4 Å². The van der Waals surface area contributed by atoms with Crippen LogP contribution in [0.2, 0.25) is 0 Å². The van der Waals surface area contributed by atoms with Gasteiger partial charge in [-0.25, -0.2) is 9.38 Å². The van der Waals surface area contributed by atoms with Gasteiger partial charge in [-0.2, -0.15) is 0 Å². The van der Waals surface area contributed by atoms with Crippen LogP contribution in [0.3, 0.4) is 0 Å². The highest BCUT2D eigenvalue weighted by molar-refractivity contribution is 8.18. The molecule has 150 valence electrons. The number of thioether (sulfide) groups is 1. The molecule has 0 aliphatic carbocycles. The molecular weight excluding hydrogens is 391 g/mol. The third-order valence-corrected chi connectivity index (χ3v) is 5.36. The van der Waals surface area contributed by atoms with E-state index >= 15 is 0 Å². The van der Waals surface area contributed by atoms with Crippen LogP contribution in [0.25, 0.3) is 6.08 Å². The van der Waals surface area contributed by atoms with Crippen LogP contribution in [0, 0.1) is 11.7 Å². The normalized spacial score (nSPS) is 18.9. The van der Waals surface area contributed by atoms with Gasteiger partial charge in [-0.15, -0.1) is 0 Å². The van der Waals surface area contributed by atoms with Crippen molar-refractivity contribution in [2.75, 3.05) is 19.8 Å². The summed E-state index contributed by atoms with van der Waals surface area (Å²) in [6, 6.07) is 11.5. The topological polar surface area (TPSA) is 51.1 Å². The molecule has 2 aliphatic heterocycles. The summed E-state index contributed by atoms with van der Waals surface area (Å²) < 4.78 is 24.4. The van der Waals surface area contributed by atoms with Gasteiger partial charge in [0.05, 0.1) is 10.6 Å². The molecule has 5 nitrogen and oxygen atoms in total. The summed E-state index contributed by atoms with van der Waals surface area (Å²) in [5, 5.41) is 0.596. The summed E-state index contributed by atoms with van der Waals surface area (Å²) >= 11 is 1.32. The summed E-state index contributed by atoms with van der Waals surface area (Å²) in [6.45, 7) is 5.71. The van der Waals surface area contributed by atoms with Crippen LogP contribution in [0.1, 0.15) is 19.4 Å². The van der Waals surface area contributed by atoms with Gasteiger partial charge in [0.2, 0.25) is 0 Å². The molecule has 0 bridgehead atoms. The minimum atomic E-state index is -0.317. The SMILES string of the molecule is CC(C)CN1C(=O)/C(=C/c2ccc3c(c2)OCCO3)S/C1=N\c1ccc(F)cc1. The fraction of sp³-hybridized carbons (Fsp3) is 0.273. The molecule has 7 heteroatoms. The number of halogens is 1. The Kier molecular flexibility index (Phi) is 5.58. The number of amidine groups is 1. The second kappa shape index (κ2) is 8.29. The molecular formula is C22H21FN2O3S. The second-order valence-electron chi connectivity index (χ2n) is 7.19. The zero-order valence-corrected chi connectivity index (χ0v) is 17.0. The van der Waals surface area contributed by atoms with Crippen molar-refractivity contribution in [3.8, 4) is 11.5 Å². The van der Waals surface area contributed by atoms with E-state index in [9.17, 15) is 9.18 Å². The highest BCUT2D eigenvalue weighted by Gasteiger charge is 2.33. The van der Waals surface area contributed by atoms with Crippen molar-refractivity contribution in [3.63, 3.8) is 0 Å². The molecule has 0 spiro atoms. The lowest BCUT2D eigenvalue weighted by Gasteiger charge is -2.18. The third kappa shape index (κ3) is 4.45. The molecule has 1 fully saturated rings. The van der Waals surface area contributed by atoms with E-state index in [0.717, 1.165) is 5.56 Å². The van der Waals surface area contributed by atoms with E-state index in [4.69, 9.17) is 9.47 Å². The Bertz CT molecular complexity index is 986. The van der Waals surface area contributed by atoms with Gasteiger partial charge in [-0.1, -0.05) is 19.9 Å². The molecule has 2 aromatic carbocycles. The molecule has 1 saturated heterocycles. The molecule has 0 aromatic heterocycles.